The fourth-order valence-corrected chi connectivity index (χ4v) is 2.35. The molecule has 2 rings (SSSR count). The Labute approximate surface area is 87.6 Å². The van der Waals surface area contributed by atoms with Gasteiger partial charge >= 0.3 is 0 Å². The van der Waals surface area contributed by atoms with Crippen LogP contribution in [0, 0.1) is 5.41 Å². The molecule has 1 atom stereocenters. The fraction of sp³-hybridized carbons (Fsp3) is 0.600. The van der Waals surface area contributed by atoms with E-state index in [0.717, 1.165) is 24.4 Å². The smallest absolute Gasteiger partial charge is 0.145 e. The first-order valence-electron chi connectivity index (χ1n) is 4.82. The predicted molar refractivity (Wildman–Crippen MR) is 56.4 cm³/mol. The number of nitrogens with one attached hydrogen (secondary N) is 1. The van der Waals surface area contributed by atoms with Gasteiger partial charge in [0.2, 0.25) is 0 Å². The SMILES string of the molecule is CC1(C(=O)Cc2cncs2)CCNC1. The van der Waals surface area contributed by atoms with E-state index in [4.69, 9.17) is 0 Å². The van der Waals surface area contributed by atoms with Gasteiger partial charge in [-0.3, -0.25) is 9.78 Å². The first-order valence-corrected chi connectivity index (χ1v) is 5.70. The van der Waals surface area contributed by atoms with Gasteiger partial charge in [0.25, 0.3) is 0 Å². The molecule has 3 nitrogen and oxygen atoms in total. The van der Waals surface area contributed by atoms with Crippen LogP contribution in [0.25, 0.3) is 0 Å². The number of aromatic nitrogens is 1. The molecule has 0 radical (unpaired) electrons. The summed E-state index contributed by atoms with van der Waals surface area (Å²) in [5.74, 6) is 0.340. The van der Waals surface area contributed by atoms with E-state index in [1.165, 1.54) is 0 Å². The van der Waals surface area contributed by atoms with Gasteiger partial charge in [0.05, 0.1) is 5.51 Å². The number of nitrogens with zero attached hydrogens (tertiary/aromatic N) is 1. The third-order valence-electron chi connectivity index (χ3n) is 2.86. The second kappa shape index (κ2) is 3.79. The lowest BCUT2D eigenvalue weighted by molar-refractivity contribution is -0.126. The summed E-state index contributed by atoms with van der Waals surface area (Å²) in [6.45, 7) is 3.84. The topological polar surface area (TPSA) is 42.0 Å². The van der Waals surface area contributed by atoms with Crippen LogP contribution in [0.2, 0.25) is 0 Å². The Morgan fingerprint density at radius 2 is 2.64 bits per heavy atom. The predicted octanol–water partition coefficient (Wildman–Crippen LogP) is 1.25. The number of carbonyl (C=O) groups is 1. The van der Waals surface area contributed by atoms with Crippen LogP contribution in [0.5, 0.6) is 0 Å². The highest BCUT2D eigenvalue weighted by Crippen LogP contribution is 2.27. The van der Waals surface area contributed by atoms with Gasteiger partial charge in [-0.05, 0) is 13.0 Å². The minimum atomic E-state index is -0.149. The van der Waals surface area contributed by atoms with Crippen LogP contribution in [0.1, 0.15) is 18.2 Å². The Morgan fingerprint density at radius 1 is 1.79 bits per heavy atom. The standard InChI is InChI=1S/C10H14N2OS/c1-10(2-3-11-6-10)9(13)4-8-5-12-7-14-8/h5,7,11H,2-4,6H2,1H3. The van der Waals surface area contributed by atoms with Crippen LogP contribution < -0.4 is 5.32 Å². The summed E-state index contributed by atoms with van der Waals surface area (Å²) in [6.07, 6.45) is 3.29. The minimum absolute atomic E-state index is 0.149. The van der Waals surface area contributed by atoms with Gasteiger partial charge in [-0.15, -0.1) is 11.3 Å². The van der Waals surface area contributed by atoms with E-state index in [1.54, 1.807) is 23.0 Å². The zero-order valence-electron chi connectivity index (χ0n) is 8.25. The molecule has 2 heterocycles. The number of rotatable bonds is 3. The van der Waals surface area contributed by atoms with Crippen molar-refractivity contribution in [3.63, 3.8) is 0 Å². The number of Topliss-reactive ketones (excluding diaryl/α,β-unsaturated/α-hetero) is 1. The summed E-state index contributed by atoms with van der Waals surface area (Å²) in [7, 11) is 0. The molecule has 0 spiro atoms. The van der Waals surface area contributed by atoms with E-state index < -0.39 is 0 Å². The summed E-state index contributed by atoms with van der Waals surface area (Å²) >= 11 is 1.56. The molecule has 1 fully saturated rings. The molecule has 1 aromatic rings. The highest BCUT2D eigenvalue weighted by Gasteiger charge is 2.35. The molecule has 0 aromatic carbocycles. The van der Waals surface area contributed by atoms with E-state index in [-0.39, 0.29) is 5.41 Å². The molecule has 1 saturated heterocycles. The third kappa shape index (κ3) is 1.86. The number of ketones is 1. The van der Waals surface area contributed by atoms with Gasteiger partial charge in [0.1, 0.15) is 5.78 Å². The van der Waals surface area contributed by atoms with Crippen LogP contribution in [0.15, 0.2) is 11.7 Å². The Hall–Kier alpha value is -0.740. The van der Waals surface area contributed by atoms with Crippen LogP contribution in [0.4, 0.5) is 0 Å². The Morgan fingerprint density at radius 3 is 3.21 bits per heavy atom. The first-order chi connectivity index (χ1) is 6.71. The van der Waals surface area contributed by atoms with Crippen molar-refractivity contribution in [2.24, 2.45) is 5.41 Å². The van der Waals surface area contributed by atoms with Gasteiger partial charge in [-0.1, -0.05) is 6.92 Å². The van der Waals surface area contributed by atoms with Crippen molar-refractivity contribution in [3.05, 3.63) is 16.6 Å². The zero-order valence-corrected chi connectivity index (χ0v) is 9.06. The number of hydrogen-bond acceptors (Lipinski definition) is 4. The van der Waals surface area contributed by atoms with Gasteiger partial charge in [-0.2, -0.15) is 0 Å². The molecule has 0 amide bonds. The second-order valence-electron chi connectivity index (χ2n) is 4.06. The van der Waals surface area contributed by atoms with Crippen molar-refractivity contribution in [2.75, 3.05) is 13.1 Å². The third-order valence-corrected chi connectivity index (χ3v) is 3.64. The van der Waals surface area contributed by atoms with E-state index in [9.17, 15) is 4.79 Å². The summed E-state index contributed by atoms with van der Waals surface area (Å²) in [6, 6.07) is 0. The molecule has 4 heteroatoms. The van der Waals surface area contributed by atoms with Gasteiger partial charge < -0.3 is 5.32 Å². The van der Waals surface area contributed by atoms with Crippen molar-refractivity contribution >= 4 is 17.1 Å². The molecule has 14 heavy (non-hydrogen) atoms. The highest BCUT2D eigenvalue weighted by molar-refractivity contribution is 7.09. The number of carbonyl (C=O) groups excluding carboxylic acids is 1. The largest absolute Gasteiger partial charge is 0.316 e. The van der Waals surface area contributed by atoms with Crippen molar-refractivity contribution in [1.29, 1.82) is 0 Å². The van der Waals surface area contributed by atoms with Crippen molar-refractivity contribution in [3.8, 4) is 0 Å². The highest BCUT2D eigenvalue weighted by atomic mass is 32.1. The van der Waals surface area contributed by atoms with E-state index in [2.05, 4.69) is 17.2 Å². The molecule has 0 saturated carbocycles. The molecule has 1 aromatic heterocycles. The molecule has 1 aliphatic heterocycles. The molecular formula is C10H14N2OS. The van der Waals surface area contributed by atoms with Crippen molar-refractivity contribution in [1.82, 2.24) is 10.3 Å². The van der Waals surface area contributed by atoms with E-state index >= 15 is 0 Å². The average Bonchev–Trinajstić information content (AvgIpc) is 2.76. The molecule has 1 unspecified atom stereocenters. The fourth-order valence-electron chi connectivity index (χ4n) is 1.76. The average molecular weight is 210 g/mol. The maximum atomic E-state index is 12.0. The summed E-state index contributed by atoms with van der Waals surface area (Å²) in [5.41, 5.74) is 1.63. The molecule has 1 N–H and O–H groups in total. The van der Waals surface area contributed by atoms with E-state index in [1.807, 2.05) is 0 Å². The Bertz CT molecular complexity index is 315. The minimum Gasteiger partial charge on any atom is -0.316 e. The molecular weight excluding hydrogens is 196 g/mol. The lowest BCUT2D eigenvalue weighted by Crippen LogP contribution is -2.31. The zero-order chi connectivity index (χ0) is 10.0. The summed E-state index contributed by atoms with van der Waals surface area (Å²) in [4.78, 5) is 17.0. The van der Waals surface area contributed by atoms with Crippen LogP contribution >= 0.6 is 11.3 Å². The molecule has 0 aliphatic carbocycles. The lowest BCUT2D eigenvalue weighted by atomic mass is 9.83. The van der Waals surface area contributed by atoms with Gasteiger partial charge in [0, 0.05) is 29.5 Å². The van der Waals surface area contributed by atoms with Crippen LogP contribution in [-0.4, -0.2) is 23.9 Å². The maximum Gasteiger partial charge on any atom is 0.145 e. The number of thiazole rings is 1. The second-order valence-corrected chi connectivity index (χ2v) is 5.03. The first kappa shape index (κ1) is 9.80. The Balaban J connectivity index is 2.02. The molecule has 76 valence electrons. The lowest BCUT2D eigenvalue weighted by Gasteiger charge is -2.19. The van der Waals surface area contributed by atoms with Gasteiger partial charge in [0.15, 0.2) is 0 Å². The number of hydrogen-bond donors (Lipinski definition) is 1. The summed E-state index contributed by atoms with van der Waals surface area (Å²) in [5, 5.41) is 3.24. The quantitative estimate of drug-likeness (QED) is 0.816. The van der Waals surface area contributed by atoms with Gasteiger partial charge in [-0.25, -0.2) is 0 Å². The summed E-state index contributed by atoms with van der Waals surface area (Å²) < 4.78 is 0. The normalized spacial score (nSPS) is 26.6. The molecule has 0 bridgehead atoms. The van der Waals surface area contributed by atoms with Crippen LogP contribution in [-0.2, 0) is 11.2 Å². The van der Waals surface area contributed by atoms with Crippen molar-refractivity contribution in [2.45, 2.75) is 19.8 Å². The van der Waals surface area contributed by atoms with Crippen LogP contribution in [0.3, 0.4) is 0 Å². The maximum absolute atomic E-state index is 12.0. The molecule has 1 aliphatic rings. The monoisotopic (exact) mass is 210 g/mol. The Kier molecular flexibility index (Phi) is 2.65. The van der Waals surface area contributed by atoms with E-state index in [0.29, 0.717) is 12.2 Å². The van der Waals surface area contributed by atoms with Crippen molar-refractivity contribution < 1.29 is 4.79 Å².